The van der Waals surface area contributed by atoms with Gasteiger partial charge in [-0.3, -0.25) is 9.48 Å². The maximum atomic E-state index is 12.2. The van der Waals surface area contributed by atoms with Crippen LogP contribution in [-0.4, -0.2) is 21.9 Å². The van der Waals surface area contributed by atoms with Crippen LogP contribution in [0.15, 0.2) is 53.6 Å². The molecule has 0 unspecified atom stereocenters. The molecule has 1 aromatic heterocycles. The van der Waals surface area contributed by atoms with E-state index in [9.17, 15) is 4.79 Å². The lowest BCUT2D eigenvalue weighted by atomic mass is 10.1. The van der Waals surface area contributed by atoms with Crippen LogP contribution in [0.1, 0.15) is 32.9 Å². The molecule has 0 radical (unpaired) electrons. The van der Waals surface area contributed by atoms with Gasteiger partial charge in [-0.2, -0.15) is 10.2 Å². The molecule has 0 aliphatic heterocycles. The summed E-state index contributed by atoms with van der Waals surface area (Å²) < 4.78 is 1.94. The predicted molar refractivity (Wildman–Crippen MR) is 109 cm³/mol. The van der Waals surface area contributed by atoms with E-state index < -0.39 is 0 Å². The fourth-order valence-corrected chi connectivity index (χ4v) is 3.06. The standard InChI is InChI=1S/C20H18Cl2N4O/c1-13-9-14(2)26(25-13)12-15-3-5-16(6-4-15)20(27)24-23-11-17-7-8-18(21)10-19(17)22/h3-11H,12H2,1-2H3,(H,24,27)/b23-11-. The normalized spacial score (nSPS) is 11.1. The zero-order valence-electron chi connectivity index (χ0n) is 14.9. The number of halogens is 2. The molecular weight excluding hydrogens is 383 g/mol. The van der Waals surface area contributed by atoms with Crippen molar-refractivity contribution in [1.82, 2.24) is 15.2 Å². The summed E-state index contributed by atoms with van der Waals surface area (Å²) in [6.07, 6.45) is 1.48. The van der Waals surface area contributed by atoms with E-state index in [2.05, 4.69) is 15.6 Å². The highest BCUT2D eigenvalue weighted by Gasteiger charge is 2.06. The number of amides is 1. The van der Waals surface area contributed by atoms with Crippen LogP contribution in [0.4, 0.5) is 0 Å². The lowest BCUT2D eigenvalue weighted by Gasteiger charge is -2.06. The van der Waals surface area contributed by atoms with Crippen LogP contribution in [0.25, 0.3) is 0 Å². The summed E-state index contributed by atoms with van der Waals surface area (Å²) in [5.41, 5.74) is 6.83. The highest BCUT2D eigenvalue weighted by atomic mass is 35.5. The second-order valence-corrected chi connectivity index (χ2v) is 6.99. The smallest absolute Gasteiger partial charge is 0.267 e. The van der Waals surface area contributed by atoms with Gasteiger partial charge < -0.3 is 0 Å². The maximum Gasteiger partial charge on any atom is 0.271 e. The molecule has 3 rings (SSSR count). The average Bonchev–Trinajstić information content (AvgIpc) is 2.94. The van der Waals surface area contributed by atoms with Crippen molar-refractivity contribution in [2.75, 3.05) is 0 Å². The molecule has 2 aromatic carbocycles. The Morgan fingerprint density at radius 1 is 1.15 bits per heavy atom. The van der Waals surface area contributed by atoms with Crippen LogP contribution in [0.5, 0.6) is 0 Å². The molecular formula is C20H18Cl2N4O. The summed E-state index contributed by atoms with van der Waals surface area (Å²) in [4.78, 5) is 12.2. The number of nitrogens with zero attached hydrogens (tertiary/aromatic N) is 3. The summed E-state index contributed by atoms with van der Waals surface area (Å²) in [5, 5.41) is 9.40. The highest BCUT2D eigenvalue weighted by molar-refractivity contribution is 6.36. The van der Waals surface area contributed by atoms with E-state index in [1.807, 2.05) is 36.7 Å². The maximum absolute atomic E-state index is 12.2. The van der Waals surface area contributed by atoms with Gasteiger partial charge in [0.25, 0.3) is 5.91 Å². The van der Waals surface area contributed by atoms with Crippen LogP contribution >= 0.6 is 23.2 Å². The molecule has 0 spiro atoms. The van der Waals surface area contributed by atoms with E-state index in [0.717, 1.165) is 17.0 Å². The Morgan fingerprint density at radius 2 is 1.89 bits per heavy atom. The van der Waals surface area contributed by atoms with Crippen LogP contribution in [0.3, 0.4) is 0 Å². The molecule has 0 saturated heterocycles. The first-order chi connectivity index (χ1) is 12.9. The molecule has 1 amide bonds. The number of carbonyl (C=O) groups excluding carboxylic acids is 1. The number of benzene rings is 2. The molecule has 1 heterocycles. The van der Waals surface area contributed by atoms with Crippen molar-refractivity contribution in [3.63, 3.8) is 0 Å². The van der Waals surface area contributed by atoms with Crippen LogP contribution < -0.4 is 5.43 Å². The second kappa shape index (κ2) is 8.37. The molecule has 0 aliphatic carbocycles. The van der Waals surface area contributed by atoms with E-state index in [1.54, 1.807) is 30.3 Å². The van der Waals surface area contributed by atoms with E-state index >= 15 is 0 Å². The van der Waals surface area contributed by atoms with E-state index in [1.165, 1.54) is 6.21 Å². The monoisotopic (exact) mass is 400 g/mol. The molecule has 27 heavy (non-hydrogen) atoms. The Hall–Kier alpha value is -2.63. The number of rotatable bonds is 5. The number of aryl methyl sites for hydroxylation is 2. The van der Waals surface area contributed by atoms with Gasteiger partial charge in [-0.25, -0.2) is 5.43 Å². The van der Waals surface area contributed by atoms with Crippen molar-refractivity contribution < 1.29 is 4.79 Å². The Bertz CT molecular complexity index is 994. The van der Waals surface area contributed by atoms with Crippen molar-refractivity contribution in [3.8, 4) is 0 Å². The van der Waals surface area contributed by atoms with Crippen molar-refractivity contribution >= 4 is 35.3 Å². The first kappa shape index (κ1) is 19.1. The zero-order valence-corrected chi connectivity index (χ0v) is 16.4. The number of nitrogens with one attached hydrogen (secondary N) is 1. The summed E-state index contributed by atoms with van der Waals surface area (Å²) in [7, 11) is 0. The van der Waals surface area contributed by atoms with Gasteiger partial charge >= 0.3 is 0 Å². The third-order valence-electron chi connectivity index (χ3n) is 3.98. The minimum absolute atomic E-state index is 0.297. The first-order valence-corrected chi connectivity index (χ1v) is 9.06. The van der Waals surface area contributed by atoms with Crippen LogP contribution in [0.2, 0.25) is 10.0 Å². The number of carbonyl (C=O) groups is 1. The van der Waals surface area contributed by atoms with Gasteiger partial charge in [-0.05, 0) is 49.7 Å². The quantitative estimate of drug-likeness (QED) is 0.501. The van der Waals surface area contributed by atoms with Crippen molar-refractivity contribution in [3.05, 3.63) is 86.7 Å². The van der Waals surface area contributed by atoms with Gasteiger partial charge in [0.05, 0.1) is 23.5 Å². The molecule has 138 valence electrons. The summed E-state index contributed by atoms with van der Waals surface area (Å²) in [5.74, 6) is -0.297. The lowest BCUT2D eigenvalue weighted by molar-refractivity contribution is 0.0955. The van der Waals surface area contributed by atoms with Gasteiger partial charge in [-0.15, -0.1) is 0 Å². The predicted octanol–water partition coefficient (Wildman–Crippen LogP) is 4.62. The molecule has 7 heteroatoms. The Morgan fingerprint density at radius 3 is 2.52 bits per heavy atom. The Balaban J connectivity index is 1.62. The minimum Gasteiger partial charge on any atom is -0.267 e. The van der Waals surface area contributed by atoms with Gasteiger partial charge in [0.2, 0.25) is 0 Å². The third-order valence-corrected chi connectivity index (χ3v) is 4.55. The largest absolute Gasteiger partial charge is 0.271 e. The SMILES string of the molecule is Cc1cc(C)n(Cc2ccc(C(=O)N/N=C\c3ccc(Cl)cc3Cl)cc2)n1. The van der Waals surface area contributed by atoms with Gasteiger partial charge in [0, 0.05) is 21.8 Å². The molecule has 0 aliphatic rings. The number of hydrazone groups is 1. The molecule has 0 atom stereocenters. The third kappa shape index (κ3) is 4.96. The fourth-order valence-electron chi connectivity index (χ4n) is 2.60. The van der Waals surface area contributed by atoms with Gasteiger partial charge in [0.15, 0.2) is 0 Å². The van der Waals surface area contributed by atoms with Gasteiger partial charge in [-0.1, -0.05) is 41.4 Å². The lowest BCUT2D eigenvalue weighted by Crippen LogP contribution is -2.17. The van der Waals surface area contributed by atoms with Crippen molar-refractivity contribution in [2.45, 2.75) is 20.4 Å². The Kier molecular flexibility index (Phi) is 5.94. The Labute approximate surface area is 167 Å². The molecule has 0 bridgehead atoms. The van der Waals surface area contributed by atoms with Crippen LogP contribution in [0, 0.1) is 13.8 Å². The van der Waals surface area contributed by atoms with E-state index in [4.69, 9.17) is 23.2 Å². The molecule has 3 aromatic rings. The molecule has 0 saturated carbocycles. The van der Waals surface area contributed by atoms with Crippen LogP contribution in [-0.2, 0) is 6.54 Å². The zero-order chi connectivity index (χ0) is 19.4. The van der Waals surface area contributed by atoms with Crippen molar-refractivity contribution in [2.24, 2.45) is 5.10 Å². The summed E-state index contributed by atoms with van der Waals surface area (Å²) in [6, 6.07) is 14.4. The van der Waals surface area contributed by atoms with Crippen molar-refractivity contribution in [1.29, 1.82) is 0 Å². The average molecular weight is 401 g/mol. The number of aromatic nitrogens is 2. The number of hydrogen-bond acceptors (Lipinski definition) is 3. The number of hydrogen-bond donors (Lipinski definition) is 1. The topological polar surface area (TPSA) is 59.3 Å². The minimum atomic E-state index is -0.297. The first-order valence-electron chi connectivity index (χ1n) is 8.31. The van der Waals surface area contributed by atoms with E-state index in [0.29, 0.717) is 27.7 Å². The summed E-state index contributed by atoms with van der Waals surface area (Å²) >= 11 is 11.9. The second-order valence-electron chi connectivity index (χ2n) is 6.15. The van der Waals surface area contributed by atoms with Gasteiger partial charge in [0.1, 0.15) is 0 Å². The van der Waals surface area contributed by atoms with E-state index in [-0.39, 0.29) is 5.91 Å². The fraction of sp³-hybridized carbons (Fsp3) is 0.150. The highest BCUT2D eigenvalue weighted by Crippen LogP contribution is 2.19. The summed E-state index contributed by atoms with van der Waals surface area (Å²) in [6.45, 7) is 4.65. The molecule has 1 N–H and O–H groups in total. The molecule has 5 nitrogen and oxygen atoms in total. The molecule has 0 fully saturated rings.